The van der Waals surface area contributed by atoms with Crippen LogP contribution in [0.1, 0.15) is 0 Å². The third-order valence-corrected chi connectivity index (χ3v) is 12.2. The first kappa shape index (κ1) is 34.9. The van der Waals surface area contributed by atoms with Gasteiger partial charge >= 0.3 is 0 Å². The van der Waals surface area contributed by atoms with Crippen LogP contribution in [0.3, 0.4) is 0 Å². The average Bonchev–Trinajstić information content (AvgIpc) is 3.87. The monoisotopic (exact) mass is 778 g/mol. The van der Waals surface area contributed by atoms with Crippen LogP contribution in [0.5, 0.6) is 0 Å². The molecule has 0 fully saturated rings. The largest absolute Gasteiger partial charge is 0.456 e. The number of hydrogen-bond acceptors (Lipinski definition) is 2. The van der Waals surface area contributed by atoms with Crippen LogP contribution in [0.2, 0.25) is 0 Å². The van der Waals surface area contributed by atoms with Crippen molar-refractivity contribution in [1.29, 1.82) is 0 Å². The van der Waals surface area contributed by atoms with E-state index in [-0.39, 0.29) is 0 Å². The molecule has 10 aromatic carbocycles. The minimum absolute atomic E-state index is 0.866. The zero-order valence-corrected chi connectivity index (χ0v) is 33.2. The molecule has 0 aliphatic heterocycles. The van der Waals surface area contributed by atoms with E-state index in [9.17, 15) is 0 Å². The average molecular weight is 779 g/mol. The zero-order valence-electron chi connectivity index (χ0n) is 33.2. The summed E-state index contributed by atoms with van der Waals surface area (Å²) in [7, 11) is 0. The molecule has 286 valence electrons. The van der Waals surface area contributed by atoms with Gasteiger partial charge in [0, 0.05) is 50.2 Å². The van der Waals surface area contributed by atoms with Gasteiger partial charge in [-0.1, -0.05) is 158 Å². The highest BCUT2D eigenvalue weighted by atomic mass is 16.3. The van der Waals surface area contributed by atoms with Crippen LogP contribution in [-0.2, 0) is 0 Å². The van der Waals surface area contributed by atoms with Crippen LogP contribution in [0.4, 0.5) is 17.1 Å². The first-order valence-corrected chi connectivity index (χ1v) is 20.8. The summed E-state index contributed by atoms with van der Waals surface area (Å²) in [5.41, 5.74) is 15.6. The van der Waals surface area contributed by atoms with Crippen molar-refractivity contribution in [2.24, 2.45) is 0 Å². The SMILES string of the molecule is c1cc(-c2ccc(N(c3ccc(-c4cccc5ccccc45)cc3)c3ccc4c(c3)oc3ccccc34)cc2)cc(-c2ccccc2-n2c3ccccc3c3ccccc32)c1. The molecule has 3 heteroatoms. The Hall–Kier alpha value is -8.14. The Morgan fingerprint density at radius 2 is 0.852 bits per heavy atom. The van der Waals surface area contributed by atoms with E-state index in [1.165, 1.54) is 54.8 Å². The van der Waals surface area contributed by atoms with E-state index in [1.807, 2.05) is 12.1 Å². The summed E-state index contributed by atoms with van der Waals surface area (Å²) in [4.78, 5) is 2.32. The Morgan fingerprint density at radius 1 is 0.311 bits per heavy atom. The highest BCUT2D eigenvalue weighted by Gasteiger charge is 2.18. The quantitative estimate of drug-likeness (QED) is 0.161. The fourth-order valence-electron chi connectivity index (χ4n) is 9.33. The number of nitrogens with zero attached hydrogens (tertiary/aromatic N) is 2. The van der Waals surface area contributed by atoms with Crippen molar-refractivity contribution in [3.63, 3.8) is 0 Å². The lowest BCUT2D eigenvalue weighted by atomic mass is 9.97. The molecule has 12 aromatic rings. The predicted molar refractivity (Wildman–Crippen MR) is 257 cm³/mol. The van der Waals surface area contributed by atoms with Crippen molar-refractivity contribution in [1.82, 2.24) is 4.57 Å². The molecule has 0 saturated carbocycles. The van der Waals surface area contributed by atoms with Gasteiger partial charge in [-0.25, -0.2) is 0 Å². The second-order valence-electron chi connectivity index (χ2n) is 15.7. The van der Waals surface area contributed by atoms with Crippen molar-refractivity contribution in [2.45, 2.75) is 0 Å². The number of fused-ring (bicyclic) bond motifs is 7. The van der Waals surface area contributed by atoms with Crippen LogP contribution in [-0.4, -0.2) is 4.57 Å². The lowest BCUT2D eigenvalue weighted by molar-refractivity contribution is 0.669. The smallest absolute Gasteiger partial charge is 0.137 e. The Morgan fingerprint density at radius 3 is 1.62 bits per heavy atom. The highest BCUT2D eigenvalue weighted by molar-refractivity contribution is 6.10. The molecule has 0 unspecified atom stereocenters. The normalized spacial score (nSPS) is 11.6. The number of hydrogen-bond donors (Lipinski definition) is 0. The maximum Gasteiger partial charge on any atom is 0.137 e. The summed E-state index contributed by atoms with van der Waals surface area (Å²) < 4.78 is 8.81. The van der Waals surface area contributed by atoms with Crippen molar-refractivity contribution in [3.8, 4) is 39.1 Å². The topological polar surface area (TPSA) is 21.3 Å². The van der Waals surface area contributed by atoms with E-state index >= 15 is 0 Å². The Labute approximate surface area is 353 Å². The van der Waals surface area contributed by atoms with E-state index in [2.05, 4.69) is 228 Å². The van der Waals surface area contributed by atoms with Gasteiger partial charge in [-0.05, 0) is 105 Å². The number of furan rings is 1. The van der Waals surface area contributed by atoms with Crippen molar-refractivity contribution in [2.75, 3.05) is 4.90 Å². The molecule has 2 heterocycles. The van der Waals surface area contributed by atoms with Gasteiger partial charge in [-0.2, -0.15) is 0 Å². The minimum atomic E-state index is 0.866. The standard InChI is InChI=1S/C58H38N2O/c1-2-17-47-40(13-1)14-12-22-48(47)41-29-33-45(34-30-41)59(46-35-36-53-52-21-6-10-26-57(52)61-58(53)38-46)44-31-27-39(28-32-44)42-15-11-16-43(37-42)49-18-3-7-23-54(49)60-55-24-8-4-19-50(55)51-20-5-9-25-56(51)60/h1-38H. The molecule has 3 nitrogen and oxygen atoms in total. The molecule has 0 aliphatic carbocycles. The van der Waals surface area contributed by atoms with Gasteiger partial charge in [0.25, 0.3) is 0 Å². The van der Waals surface area contributed by atoms with Crippen LogP contribution in [0, 0.1) is 0 Å². The molecular formula is C58H38N2O. The van der Waals surface area contributed by atoms with E-state index in [1.54, 1.807) is 0 Å². The first-order valence-electron chi connectivity index (χ1n) is 20.8. The minimum Gasteiger partial charge on any atom is -0.456 e. The number of anilines is 3. The highest BCUT2D eigenvalue weighted by Crippen LogP contribution is 2.41. The lowest BCUT2D eigenvalue weighted by Crippen LogP contribution is -2.09. The number of para-hydroxylation sites is 4. The molecule has 2 aromatic heterocycles. The molecular weight excluding hydrogens is 741 g/mol. The van der Waals surface area contributed by atoms with Gasteiger partial charge in [-0.3, -0.25) is 0 Å². The van der Waals surface area contributed by atoms with Crippen LogP contribution in [0.15, 0.2) is 235 Å². The van der Waals surface area contributed by atoms with E-state index in [0.717, 1.165) is 55.8 Å². The molecule has 0 radical (unpaired) electrons. The molecule has 61 heavy (non-hydrogen) atoms. The second kappa shape index (κ2) is 14.3. The fraction of sp³-hybridized carbons (Fsp3) is 0. The molecule has 0 spiro atoms. The molecule has 0 atom stereocenters. The van der Waals surface area contributed by atoms with Gasteiger partial charge < -0.3 is 13.9 Å². The van der Waals surface area contributed by atoms with Gasteiger partial charge in [0.15, 0.2) is 0 Å². The fourth-order valence-corrected chi connectivity index (χ4v) is 9.33. The summed E-state index contributed by atoms with van der Waals surface area (Å²) in [6.45, 7) is 0. The zero-order chi connectivity index (χ0) is 40.3. The lowest BCUT2D eigenvalue weighted by Gasteiger charge is -2.26. The maximum absolute atomic E-state index is 6.40. The molecule has 0 saturated heterocycles. The summed E-state index contributed by atoms with van der Waals surface area (Å²) in [5.74, 6) is 0. The van der Waals surface area contributed by atoms with Crippen LogP contribution < -0.4 is 4.90 Å². The summed E-state index contributed by atoms with van der Waals surface area (Å²) in [6.07, 6.45) is 0. The number of aromatic nitrogens is 1. The number of benzene rings is 10. The number of rotatable bonds is 7. The molecule has 12 rings (SSSR count). The van der Waals surface area contributed by atoms with Crippen molar-refractivity contribution >= 4 is 71.6 Å². The molecule has 0 aliphatic rings. The van der Waals surface area contributed by atoms with E-state index < -0.39 is 0 Å². The Balaban J connectivity index is 0.936. The molecule has 0 N–H and O–H groups in total. The van der Waals surface area contributed by atoms with Gasteiger partial charge in [-0.15, -0.1) is 0 Å². The first-order chi connectivity index (χ1) is 30.2. The predicted octanol–water partition coefficient (Wildman–Crippen LogP) is 16.3. The molecule has 0 amide bonds. The third-order valence-electron chi connectivity index (χ3n) is 12.2. The van der Waals surface area contributed by atoms with Gasteiger partial charge in [0.1, 0.15) is 11.2 Å². The Kier molecular flexibility index (Phi) is 8.17. The molecule has 0 bridgehead atoms. The van der Waals surface area contributed by atoms with Crippen LogP contribution >= 0.6 is 0 Å². The van der Waals surface area contributed by atoms with Crippen molar-refractivity contribution < 1.29 is 4.42 Å². The summed E-state index contributed by atoms with van der Waals surface area (Å²) in [6, 6.07) is 82.9. The van der Waals surface area contributed by atoms with E-state index in [0.29, 0.717) is 0 Å². The van der Waals surface area contributed by atoms with Crippen LogP contribution in [0.25, 0.3) is 93.6 Å². The van der Waals surface area contributed by atoms with Gasteiger partial charge in [0.05, 0.1) is 16.7 Å². The van der Waals surface area contributed by atoms with Crippen molar-refractivity contribution in [3.05, 3.63) is 231 Å². The Bertz CT molecular complexity index is 3530. The van der Waals surface area contributed by atoms with Gasteiger partial charge in [0.2, 0.25) is 0 Å². The summed E-state index contributed by atoms with van der Waals surface area (Å²) in [5, 5.41) is 7.24. The second-order valence-corrected chi connectivity index (χ2v) is 15.7. The summed E-state index contributed by atoms with van der Waals surface area (Å²) >= 11 is 0. The van der Waals surface area contributed by atoms with E-state index in [4.69, 9.17) is 4.42 Å². The maximum atomic E-state index is 6.40. The third kappa shape index (κ3) is 5.90.